The van der Waals surface area contributed by atoms with Gasteiger partial charge >= 0.3 is 0 Å². The van der Waals surface area contributed by atoms with Crippen molar-refractivity contribution in [1.29, 1.82) is 0 Å². The van der Waals surface area contributed by atoms with E-state index in [2.05, 4.69) is 176 Å². The van der Waals surface area contributed by atoms with Crippen LogP contribution in [0.3, 0.4) is 0 Å². The van der Waals surface area contributed by atoms with Gasteiger partial charge in [-0.15, -0.1) is 0 Å². The quantitative estimate of drug-likeness (QED) is 0.0271. The molecule has 14 unspecified atom stereocenters. The first kappa shape index (κ1) is 73.0. The molecule has 14 atom stereocenters. The van der Waals surface area contributed by atoms with Gasteiger partial charge in [0.05, 0.1) is 43.2 Å². The predicted molar refractivity (Wildman–Crippen MR) is 321 cm³/mol. The molecule has 444 valence electrons. The van der Waals surface area contributed by atoms with Crippen molar-refractivity contribution in [3.63, 3.8) is 0 Å². The van der Waals surface area contributed by atoms with Gasteiger partial charge in [-0.2, -0.15) is 0 Å². The lowest BCUT2D eigenvalue weighted by Crippen LogP contribution is -2.44. The van der Waals surface area contributed by atoms with Gasteiger partial charge in [-0.05, 0) is 160 Å². The fraction of sp³-hybridized carbons (Fsp3) is 0.985. The molecular weight excluding hydrogens is 919 g/mol. The highest BCUT2D eigenvalue weighted by molar-refractivity contribution is 5.77. The maximum atomic E-state index is 11.3. The van der Waals surface area contributed by atoms with Crippen LogP contribution < -0.4 is 11.1 Å². The first-order chi connectivity index (χ1) is 33.8. The molecule has 0 aliphatic rings. The van der Waals surface area contributed by atoms with E-state index in [-0.39, 0.29) is 54.3 Å². The topological polar surface area (TPSA) is 128 Å². The van der Waals surface area contributed by atoms with Crippen LogP contribution >= 0.6 is 0 Å². The van der Waals surface area contributed by atoms with Crippen molar-refractivity contribution in [2.45, 2.75) is 318 Å². The molecule has 0 aromatic rings. The van der Waals surface area contributed by atoms with Gasteiger partial charge in [0.1, 0.15) is 0 Å². The highest BCUT2D eigenvalue weighted by Crippen LogP contribution is 2.40. The van der Waals surface area contributed by atoms with E-state index < -0.39 is 24.8 Å². The lowest BCUT2D eigenvalue weighted by Gasteiger charge is -2.41. The van der Waals surface area contributed by atoms with Crippen molar-refractivity contribution in [3.8, 4) is 0 Å². The lowest BCUT2D eigenvalue weighted by molar-refractivity contribution is -0.236. The summed E-state index contributed by atoms with van der Waals surface area (Å²) in [5.74, 6) is 4.38. The van der Waals surface area contributed by atoms with Crippen LogP contribution in [0, 0.1) is 69.0 Å². The molecule has 0 aliphatic carbocycles. The predicted octanol–water partition coefficient (Wildman–Crippen LogP) is 17.2. The first-order valence-electron chi connectivity index (χ1n) is 30.8. The third-order valence-electron chi connectivity index (χ3n) is 16.0. The van der Waals surface area contributed by atoms with Gasteiger partial charge in [-0.1, -0.05) is 191 Å². The van der Waals surface area contributed by atoms with Gasteiger partial charge in [0.25, 0.3) is 0 Å². The Kier molecular flexibility index (Phi) is 34.5. The van der Waals surface area contributed by atoms with Crippen LogP contribution in [0.5, 0.6) is 0 Å². The van der Waals surface area contributed by atoms with E-state index in [1.54, 1.807) is 0 Å². The summed E-state index contributed by atoms with van der Waals surface area (Å²) < 4.78 is 27.4. The molecule has 0 heterocycles. The van der Waals surface area contributed by atoms with E-state index in [0.29, 0.717) is 58.2 Å². The average Bonchev–Trinajstić information content (AvgIpc) is 3.24. The number of aliphatic hydroxyl groups excluding tert-OH is 2. The van der Waals surface area contributed by atoms with Crippen molar-refractivity contribution in [1.82, 2.24) is 5.32 Å². The van der Waals surface area contributed by atoms with Crippen LogP contribution in [0.1, 0.15) is 282 Å². The van der Waals surface area contributed by atoms with Crippen LogP contribution in [-0.4, -0.2) is 78.5 Å². The molecule has 0 aliphatic heterocycles. The third-order valence-corrected chi connectivity index (χ3v) is 16.0. The summed E-state index contributed by atoms with van der Waals surface area (Å²) in [6.45, 7) is 56.4. The van der Waals surface area contributed by atoms with E-state index >= 15 is 0 Å². The number of hydrogen-bond donors (Lipinski definition) is 4. The minimum absolute atomic E-state index is 0.0679. The number of aliphatic imine (C=N–C) groups is 1. The van der Waals surface area contributed by atoms with Crippen molar-refractivity contribution < 1.29 is 29.2 Å². The number of ether oxygens (including phenoxy) is 4. The molecule has 0 fully saturated rings. The second-order valence-corrected chi connectivity index (χ2v) is 30.5. The highest BCUT2D eigenvalue weighted by Gasteiger charge is 2.38. The summed E-state index contributed by atoms with van der Waals surface area (Å²) in [4.78, 5) is 4.48. The summed E-state index contributed by atoms with van der Waals surface area (Å²) in [5, 5.41) is 25.6. The summed E-state index contributed by atoms with van der Waals surface area (Å²) >= 11 is 0. The zero-order valence-electron chi connectivity index (χ0n) is 54.0. The fourth-order valence-electron chi connectivity index (χ4n) is 11.9. The summed E-state index contributed by atoms with van der Waals surface area (Å²) in [5.41, 5.74) is 6.83. The van der Waals surface area contributed by atoms with E-state index in [0.717, 1.165) is 77.0 Å². The van der Waals surface area contributed by atoms with Crippen LogP contribution in [-0.2, 0) is 18.9 Å². The number of nitrogens with two attached hydrogens (primary N) is 1. The molecule has 0 amide bonds. The number of rotatable bonds is 40. The number of aliphatic hydroxyl groups is 2. The standard InChI is InChI=1S/C65H133N3O6/c1-25-47(3)41-64(23,53(9)35-33-51(7)39-62(17,18)19)73-57(31-27-29-49(5)37-60(11,12)13)71-45-55(69)43-67-59(66)68-44-56(70)46-72-58(32-28-30-50(6)38-61(14,15)16)74-65(24,42-48(4)26-2)54(10)36-34-52(8)40-63(20,21)22/h47-58,69-70H,25-46H2,1-24H3,(H3,66,67,68). The average molecular weight is 1050 g/mol. The molecule has 0 radical (unpaired) electrons. The maximum Gasteiger partial charge on any atom is 0.188 e. The highest BCUT2D eigenvalue weighted by atomic mass is 16.7. The van der Waals surface area contributed by atoms with E-state index in [4.69, 9.17) is 24.7 Å². The first-order valence-corrected chi connectivity index (χ1v) is 30.8. The Hall–Kier alpha value is -0.970. The largest absolute Gasteiger partial charge is 0.389 e. The Morgan fingerprint density at radius 2 is 0.770 bits per heavy atom. The van der Waals surface area contributed by atoms with Gasteiger partial charge in [0, 0.05) is 6.54 Å². The Balaban J connectivity index is 6.04. The normalized spacial score (nSPS) is 20.1. The van der Waals surface area contributed by atoms with Crippen LogP contribution in [0.25, 0.3) is 0 Å². The Morgan fingerprint density at radius 3 is 1.09 bits per heavy atom. The molecule has 0 saturated carbocycles. The molecule has 0 spiro atoms. The van der Waals surface area contributed by atoms with Gasteiger partial charge < -0.3 is 40.2 Å². The van der Waals surface area contributed by atoms with E-state index in [1.807, 2.05) is 0 Å². The molecule has 74 heavy (non-hydrogen) atoms. The van der Waals surface area contributed by atoms with Crippen molar-refractivity contribution in [2.75, 3.05) is 26.3 Å². The second kappa shape index (κ2) is 34.9. The van der Waals surface area contributed by atoms with Gasteiger partial charge in [-0.3, -0.25) is 4.99 Å². The minimum atomic E-state index is -0.871. The van der Waals surface area contributed by atoms with Gasteiger partial charge in [0.15, 0.2) is 18.5 Å². The molecule has 5 N–H and O–H groups in total. The Bertz CT molecular complexity index is 1450. The minimum Gasteiger partial charge on any atom is -0.389 e. The zero-order chi connectivity index (χ0) is 57.3. The molecule has 9 nitrogen and oxygen atoms in total. The molecular formula is C65H133N3O6. The van der Waals surface area contributed by atoms with Crippen molar-refractivity contribution >= 4 is 5.96 Å². The molecule has 9 heteroatoms. The summed E-state index contributed by atoms with van der Waals surface area (Å²) in [6.07, 6.45) is 16.6. The molecule has 0 bridgehead atoms. The van der Waals surface area contributed by atoms with E-state index in [1.165, 1.54) is 38.5 Å². The SMILES string of the molecule is CCC(C)CC(C)(OC(CCCC(C)CC(C)(C)C)OCC(O)CN=C(N)NCC(O)COC(CCCC(C)CC(C)(C)C)OC(C)(CC(C)CC)C(C)CCC(C)CC(C)(C)C)C(C)CCC(C)CC(C)(C)C. The number of nitrogens with one attached hydrogen (secondary N) is 1. The fourth-order valence-corrected chi connectivity index (χ4v) is 11.9. The summed E-state index contributed by atoms with van der Waals surface area (Å²) in [7, 11) is 0. The van der Waals surface area contributed by atoms with E-state index in [9.17, 15) is 10.2 Å². The van der Waals surface area contributed by atoms with Crippen molar-refractivity contribution in [3.05, 3.63) is 0 Å². The smallest absolute Gasteiger partial charge is 0.188 e. The Labute approximate surface area is 462 Å². The molecule has 0 aromatic heterocycles. The lowest BCUT2D eigenvalue weighted by atomic mass is 9.77. The number of hydrogen-bond acceptors (Lipinski definition) is 7. The second-order valence-electron chi connectivity index (χ2n) is 30.5. The number of nitrogens with zero attached hydrogens (tertiary/aromatic N) is 1. The third kappa shape index (κ3) is 37.0. The molecule has 0 saturated heterocycles. The van der Waals surface area contributed by atoms with Crippen LogP contribution in [0.15, 0.2) is 4.99 Å². The molecule has 0 rings (SSSR count). The van der Waals surface area contributed by atoms with Gasteiger partial charge in [-0.25, -0.2) is 0 Å². The molecule has 0 aromatic carbocycles. The van der Waals surface area contributed by atoms with Gasteiger partial charge in [0.2, 0.25) is 0 Å². The number of guanidine groups is 1. The summed E-state index contributed by atoms with van der Waals surface area (Å²) in [6, 6.07) is 0. The maximum absolute atomic E-state index is 11.3. The Morgan fingerprint density at radius 1 is 0.446 bits per heavy atom. The zero-order valence-corrected chi connectivity index (χ0v) is 54.0. The van der Waals surface area contributed by atoms with Crippen molar-refractivity contribution in [2.24, 2.45) is 79.7 Å². The monoisotopic (exact) mass is 1050 g/mol. The van der Waals surface area contributed by atoms with Crippen LogP contribution in [0.2, 0.25) is 0 Å². The van der Waals surface area contributed by atoms with Crippen LogP contribution in [0.4, 0.5) is 0 Å².